The fraction of sp³-hybridized carbons (Fsp3) is 0.333. The van der Waals surface area contributed by atoms with Gasteiger partial charge in [-0.05, 0) is 49.2 Å². The molecule has 154 valence electrons. The van der Waals surface area contributed by atoms with E-state index < -0.39 is 10.0 Å². The summed E-state index contributed by atoms with van der Waals surface area (Å²) in [6.45, 7) is 3.94. The van der Waals surface area contributed by atoms with E-state index in [0.29, 0.717) is 11.9 Å². The number of hydrogen-bond acceptors (Lipinski definition) is 4. The summed E-state index contributed by atoms with van der Waals surface area (Å²) in [6, 6.07) is 10.8. The maximum absolute atomic E-state index is 12.4. The predicted molar refractivity (Wildman–Crippen MR) is 114 cm³/mol. The van der Waals surface area contributed by atoms with Gasteiger partial charge in [0.2, 0.25) is 15.9 Å². The van der Waals surface area contributed by atoms with Gasteiger partial charge in [-0.15, -0.1) is 0 Å². The van der Waals surface area contributed by atoms with E-state index in [9.17, 15) is 13.2 Å². The van der Waals surface area contributed by atoms with E-state index >= 15 is 0 Å². The zero-order valence-electron chi connectivity index (χ0n) is 17.4. The maximum atomic E-state index is 12.4. The molecule has 29 heavy (non-hydrogen) atoms. The molecule has 1 amide bonds. The third kappa shape index (κ3) is 4.33. The van der Waals surface area contributed by atoms with E-state index in [0.717, 1.165) is 28.2 Å². The molecule has 3 rings (SSSR count). The number of amides is 1. The quantitative estimate of drug-likeness (QED) is 0.672. The lowest BCUT2D eigenvalue weighted by molar-refractivity contribution is -0.116. The van der Waals surface area contributed by atoms with Gasteiger partial charge in [0.15, 0.2) is 0 Å². The molecule has 7 nitrogen and oxygen atoms in total. The lowest BCUT2D eigenvalue weighted by atomic mass is 10.1. The molecule has 0 bridgehead atoms. The van der Waals surface area contributed by atoms with E-state index in [1.165, 1.54) is 18.4 Å². The van der Waals surface area contributed by atoms with Crippen molar-refractivity contribution in [2.45, 2.75) is 31.6 Å². The number of imidazole rings is 1. The zero-order chi connectivity index (χ0) is 21.3. The van der Waals surface area contributed by atoms with E-state index in [4.69, 9.17) is 0 Å². The van der Waals surface area contributed by atoms with Crippen molar-refractivity contribution in [1.29, 1.82) is 0 Å². The van der Waals surface area contributed by atoms with Crippen LogP contribution in [-0.4, -0.2) is 42.3 Å². The molecule has 0 radical (unpaired) electrons. The smallest absolute Gasteiger partial charge is 0.242 e. The monoisotopic (exact) mass is 414 g/mol. The first-order valence-corrected chi connectivity index (χ1v) is 10.8. The van der Waals surface area contributed by atoms with Crippen molar-refractivity contribution < 1.29 is 13.2 Å². The highest BCUT2D eigenvalue weighted by Crippen LogP contribution is 2.22. The zero-order valence-corrected chi connectivity index (χ0v) is 18.2. The van der Waals surface area contributed by atoms with Crippen molar-refractivity contribution in [1.82, 2.24) is 13.9 Å². The molecule has 0 aliphatic carbocycles. The molecule has 8 heteroatoms. The topological polar surface area (TPSA) is 84.3 Å². The molecule has 0 unspecified atom stereocenters. The number of benzene rings is 2. The van der Waals surface area contributed by atoms with Crippen molar-refractivity contribution >= 4 is 32.7 Å². The van der Waals surface area contributed by atoms with E-state index in [2.05, 4.69) is 10.3 Å². The number of rotatable bonds is 6. The van der Waals surface area contributed by atoms with Crippen molar-refractivity contribution in [2.24, 2.45) is 7.05 Å². The molecule has 0 fully saturated rings. The average Bonchev–Trinajstić information content (AvgIpc) is 2.98. The third-order valence-corrected chi connectivity index (χ3v) is 6.78. The number of aryl methyl sites for hydroxylation is 4. The highest BCUT2D eigenvalue weighted by molar-refractivity contribution is 7.89. The molecule has 2 aromatic carbocycles. The number of aromatic nitrogens is 2. The molecule has 0 saturated carbocycles. The Bertz CT molecular complexity index is 1180. The van der Waals surface area contributed by atoms with Gasteiger partial charge in [-0.3, -0.25) is 4.79 Å². The van der Waals surface area contributed by atoms with E-state index in [1.54, 1.807) is 18.2 Å². The van der Waals surface area contributed by atoms with Crippen LogP contribution in [0.3, 0.4) is 0 Å². The SMILES string of the molecule is Cc1ccc(C)c(NC(=O)CCc2nc3cc(S(=O)(=O)N(C)C)ccc3n2C)c1. The van der Waals surface area contributed by atoms with Crippen LogP contribution < -0.4 is 5.32 Å². The summed E-state index contributed by atoms with van der Waals surface area (Å²) >= 11 is 0. The van der Waals surface area contributed by atoms with Crippen LogP contribution in [0.2, 0.25) is 0 Å². The summed E-state index contributed by atoms with van der Waals surface area (Å²) in [7, 11) is 1.34. The molecule has 0 saturated heterocycles. The van der Waals surface area contributed by atoms with Crippen molar-refractivity contribution in [3.8, 4) is 0 Å². The minimum Gasteiger partial charge on any atom is -0.331 e. The highest BCUT2D eigenvalue weighted by atomic mass is 32.2. The van der Waals surface area contributed by atoms with Gasteiger partial charge in [-0.1, -0.05) is 12.1 Å². The van der Waals surface area contributed by atoms with Gasteiger partial charge in [0, 0.05) is 39.7 Å². The first kappa shape index (κ1) is 21.0. The number of fused-ring (bicyclic) bond motifs is 1. The standard InChI is InChI=1S/C21H26N4O3S/c1-14-6-7-15(2)17(12-14)23-21(26)11-10-20-22-18-13-16(29(27,28)24(3)4)8-9-19(18)25(20)5/h6-9,12-13H,10-11H2,1-5H3,(H,23,26). The van der Waals surface area contributed by atoms with Gasteiger partial charge < -0.3 is 9.88 Å². The Labute approximate surface area is 171 Å². The minimum absolute atomic E-state index is 0.0818. The molecule has 1 aromatic heterocycles. The van der Waals surface area contributed by atoms with Gasteiger partial charge in [0.05, 0.1) is 15.9 Å². The Balaban J connectivity index is 1.77. The summed E-state index contributed by atoms with van der Waals surface area (Å²) in [5, 5.41) is 2.96. The lowest BCUT2D eigenvalue weighted by Crippen LogP contribution is -2.22. The second-order valence-corrected chi connectivity index (χ2v) is 9.54. The third-order valence-electron chi connectivity index (χ3n) is 4.97. The van der Waals surface area contributed by atoms with Crippen LogP contribution in [0.1, 0.15) is 23.4 Å². The fourth-order valence-corrected chi connectivity index (χ4v) is 4.06. The van der Waals surface area contributed by atoms with Gasteiger partial charge in [-0.25, -0.2) is 17.7 Å². The largest absolute Gasteiger partial charge is 0.331 e. The Hall–Kier alpha value is -2.71. The summed E-state index contributed by atoms with van der Waals surface area (Å²) in [5.74, 6) is 0.650. The van der Waals surface area contributed by atoms with Crippen molar-refractivity contribution in [2.75, 3.05) is 19.4 Å². The summed E-state index contributed by atoms with van der Waals surface area (Å²) in [5.41, 5.74) is 4.34. The van der Waals surface area contributed by atoms with Crippen molar-refractivity contribution in [3.05, 3.63) is 53.3 Å². The number of sulfonamides is 1. The molecule has 0 atom stereocenters. The van der Waals surface area contributed by atoms with Gasteiger partial charge >= 0.3 is 0 Å². The summed E-state index contributed by atoms with van der Waals surface area (Å²) in [6.07, 6.45) is 0.741. The average molecular weight is 415 g/mol. The normalized spacial score (nSPS) is 11.9. The van der Waals surface area contributed by atoms with Crippen molar-refractivity contribution in [3.63, 3.8) is 0 Å². The molecule has 1 N–H and O–H groups in total. The van der Waals surface area contributed by atoms with Crippen LogP contribution >= 0.6 is 0 Å². The molecule has 0 aliphatic heterocycles. The Morgan fingerprint density at radius 1 is 1.14 bits per heavy atom. The number of carbonyl (C=O) groups excluding carboxylic acids is 1. The summed E-state index contributed by atoms with van der Waals surface area (Å²) < 4.78 is 27.8. The second-order valence-electron chi connectivity index (χ2n) is 7.39. The van der Waals surface area contributed by atoms with E-state index in [-0.39, 0.29) is 17.2 Å². The Morgan fingerprint density at radius 2 is 1.86 bits per heavy atom. The van der Waals surface area contributed by atoms with Gasteiger partial charge in [-0.2, -0.15) is 0 Å². The maximum Gasteiger partial charge on any atom is 0.242 e. The van der Waals surface area contributed by atoms with Crippen LogP contribution in [0.25, 0.3) is 11.0 Å². The number of nitrogens with zero attached hydrogens (tertiary/aromatic N) is 3. The fourth-order valence-electron chi connectivity index (χ4n) is 3.13. The number of nitrogens with one attached hydrogen (secondary N) is 1. The number of carbonyl (C=O) groups is 1. The molecule has 1 heterocycles. The minimum atomic E-state index is -3.52. The van der Waals surface area contributed by atoms with Crippen LogP contribution in [0, 0.1) is 13.8 Å². The number of anilines is 1. The molecular weight excluding hydrogens is 388 g/mol. The number of hydrogen-bond donors (Lipinski definition) is 1. The molecule has 0 spiro atoms. The van der Waals surface area contributed by atoms with Crippen LogP contribution in [-0.2, 0) is 28.3 Å². The predicted octanol–water partition coefficient (Wildman–Crippen LogP) is 3.01. The Kier molecular flexibility index (Phi) is 5.77. The second kappa shape index (κ2) is 7.96. The van der Waals surface area contributed by atoms with Crippen LogP contribution in [0.5, 0.6) is 0 Å². The van der Waals surface area contributed by atoms with E-state index in [1.807, 2.05) is 43.7 Å². The van der Waals surface area contributed by atoms with Gasteiger partial charge in [0.1, 0.15) is 5.82 Å². The van der Waals surface area contributed by atoms with Crippen LogP contribution in [0.15, 0.2) is 41.3 Å². The first-order chi connectivity index (χ1) is 13.6. The Morgan fingerprint density at radius 3 is 2.55 bits per heavy atom. The van der Waals surface area contributed by atoms with Crippen LogP contribution in [0.4, 0.5) is 5.69 Å². The molecular formula is C21H26N4O3S. The molecule has 0 aliphatic rings. The summed E-state index contributed by atoms with van der Waals surface area (Å²) in [4.78, 5) is 17.2. The lowest BCUT2D eigenvalue weighted by Gasteiger charge is -2.11. The first-order valence-electron chi connectivity index (χ1n) is 9.34. The van der Waals surface area contributed by atoms with Gasteiger partial charge in [0.25, 0.3) is 0 Å². The molecule has 3 aromatic rings. The highest BCUT2D eigenvalue weighted by Gasteiger charge is 2.19.